The Labute approximate surface area is 149 Å². The zero-order valence-corrected chi connectivity index (χ0v) is 15.3. The molecule has 1 aromatic carbocycles. The highest BCUT2D eigenvalue weighted by Gasteiger charge is 2.29. The Morgan fingerprint density at radius 3 is 2.36 bits per heavy atom. The van der Waals surface area contributed by atoms with Crippen molar-refractivity contribution in [2.24, 2.45) is 0 Å². The Balaban J connectivity index is 2.10. The smallest absolute Gasteiger partial charge is 0.243 e. The molecule has 2 rings (SSSR count). The van der Waals surface area contributed by atoms with Crippen molar-refractivity contribution in [2.45, 2.75) is 77.4 Å². The Morgan fingerprint density at radius 2 is 1.80 bits per heavy atom. The van der Waals surface area contributed by atoms with E-state index in [0.29, 0.717) is 19.4 Å². The molecule has 0 heterocycles. The van der Waals surface area contributed by atoms with Gasteiger partial charge in [-0.15, -0.1) is 0 Å². The van der Waals surface area contributed by atoms with Crippen molar-refractivity contribution in [2.75, 3.05) is 0 Å². The van der Waals surface area contributed by atoms with E-state index in [2.05, 4.69) is 5.32 Å². The summed E-state index contributed by atoms with van der Waals surface area (Å²) in [4.78, 5) is 26.9. The molecule has 2 amide bonds. The molecule has 0 aliphatic heterocycles. The van der Waals surface area contributed by atoms with Gasteiger partial charge in [0.1, 0.15) is 11.9 Å². The second-order valence-electron chi connectivity index (χ2n) is 6.77. The Hall–Kier alpha value is -1.91. The fraction of sp³-hybridized carbons (Fsp3) is 0.600. The molecule has 25 heavy (non-hydrogen) atoms. The average molecular weight is 348 g/mol. The van der Waals surface area contributed by atoms with Crippen LogP contribution < -0.4 is 5.32 Å². The molecule has 0 aromatic heterocycles. The summed E-state index contributed by atoms with van der Waals surface area (Å²) in [6.07, 6.45) is 6.46. The van der Waals surface area contributed by atoms with E-state index in [-0.39, 0.29) is 23.7 Å². The maximum absolute atomic E-state index is 13.1. The van der Waals surface area contributed by atoms with Crippen LogP contribution in [0.1, 0.15) is 64.4 Å². The van der Waals surface area contributed by atoms with E-state index >= 15 is 0 Å². The summed E-state index contributed by atoms with van der Waals surface area (Å²) in [5, 5.41) is 3.13. The molecule has 1 atom stereocenters. The second-order valence-corrected chi connectivity index (χ2v) is 6.77. The first-order chi connectivity index (χ1) is 12.0. The largest absolute Gasteiger partial charge is 0.352 e. The third-order valence-electron chi connectivity index (χ3n) is 4.91. The summed E-state index contributed by atoms with van der Waals surface area (Å²) in [6.45, 7) is 4.04. The summed E-state index contributed by atoms with van der Waals surface area (Å²) < 4.78 is 13.1. The molecular weight excluding hydrogens is 319 g/mol. The fourth-order valence-corrected chi connectivity index (χ4v) is 3.45. The first kappa shape index (κ1) is 19.4. The molecule has 1 aromatic rings. The lowest BCUT2D eigenvalue weighted by molar-refractivity contribution is -0.141. The summed E-state index contributed by atoms with van der Waals surface area (Å²) in [5.74, 6) is -0.438. The number of nitrogens with zero attached hydrogens (tertiary/aromatic N) is 1. The molecule has 0 unspecified atom stereocenters. The van der Waals surface area contributed by atoms with Crippen molar-refractivity contribution in [3.63, 3.8) is 0 Å². The highest BCUT2D eigenvalue weighted by molar-refractivity contribution is 5.87. The van der Waals surface area contributed by atoms with Crippen molar-refractivity contribution < 1.29 is 14.0 Å². The molecule has 1 aliphatic rings. The van der Waals surface area contributed by atoms with Crippen molar-refractivity contribution in [1.29, 1.82) is 0 Å². The van der Waals surface area contributed by atoms with Crippen LogP contribution >= 0.6 is 0 Å². The Kier molecular flexibility index (Phi) is 7.41. The van der Waals surface area contributed by atoms with Gasteiger partial charge >= 0.3 is 0 Å². The van der Waals surface area contributed by atoms with Crippen molar-refractivity contribution in [1.82, 2.24) is 10.2 Å². The number of halogens is 1. The number of hydrogen-bond acceptors (Lipinski definition) is 2. The third kappa shape index (κ3) is 5.55. The molecule has 1 fully saturated rings. The molecule has 0 bridgehead atoms. The number of carbonyl (C=O) groups is 2. The molecule has 0 spiro atoms. The molecule has 1 N–H and O–H groups in total. The predicted octanol–water partition coefficient (Wildman–Crippen LogP) is 3.79. The average Bonchev–Trinajstić information content (AvgIpc) is 2.63. The standard InChI is InChI=1S/C20H29FN2O2/c1-3-18(20(25)22-17-8-6-5-7-9-17)23(19(24)4-2)14-15-10-12-16(21)13-11-15/h10-13,17-18H,3-9,14H2,1-2H3,(H,22,25)/t18-/m0/s1. The summed E-state index contributed by atoms with van der Waals surface area (Å²) in [5.41, 5.74) is 0.826. The minimum atomic E-state index is -0.487. The maximum Gasteiger partial charge on any atom is 0.243 e. The second kappa shape index (κ2) is 9.54. The van der Waals surface area contributed by atoms with Crippen molar-refractivity contribution in [3.8, 4) is 0 Å². The maximum atomic E-state index is 13.1. The summed E-state index contributed by atoms with van der Waals surface area (Å²) >= 11 is 0. The van der Waals surface area contributed by atoms with Gasteiger partial charge in [0.25, 0.3) is 0 Å². The fourth-order valence-electron chi connectivity index (χ4n) is 3.45. The number of carbonyl (C=O) groups excluding carboxylic acids is 2. The van der Waals surface area contributed by atoms with Gasteiger partial charge in [0, 0.05) is 19.0 Å². The van der Waals surface area contributed by atoms with Crippen LogP contribution in [-0.2, 0) is 16.1 Å². The summed E-state index contributed by atoms with van der Waals surface area (Å²) in [6, 6.07) is 5.83. The minimum absolute atomic E-state index is 0.0602. The first-order valence-electron chi connectivity index (χ1n) is 9.39. The van der Waals surface area contributed by atoms with Gasteiger partial charge in [-0.05, 0) is 37.0 Å². The van der Waals surface area contributed by atoms with Crippen molar-refractivity contribution >= 4 is 11.8 Å². The van der Waals surface area contributed by atoms with E-state index in [1.165, 1.54) is 18.6 Å². The minimum Gasteiger partial charge on any atom is -0.352 e. The number of nitrogens with one attached hydrogen (secondary N) is 1. The molecule has 5 heteroatoms. The van der Waals surface area contributed by atoms with Crippen LogP contribution in [0.15, 0.2) is 24.3 Å². The normalized spacial score (nSPS) is 16.3. The number of hydrogen-bond donors (Lipinski definition) is 1. The molecular formula is C20H29FN2O2. The lowest BCUT2D eigenvalue weighted by Crippen LogP contribution is -2.51. The predicted molar refractivity (Wildman–Crippen MR) is 96.3 cm³/mol. The van der Waals surface area contributed by atoms with Crippen LogP contribution in [0.5, 0.6) is 0 Å². The van der Waals surface area contributed by atoms with E-state index < -0.39 is 6.04 Å². The first-order valence-corrected chi connectivity index (χ1v) is 9.39. The molecule has 1 saturated carbocycles. The van der Waals surface area contributed by atoms with Gasteiger partial charge in [-0.25, -0.2) is 4.39 Å². The molecule has 4 nitrogen and oxygen atoms in total. The van der Waals surface area contributed by atoms with Crippen LogP contribution in [-0.4, -0.2) is 28.8 Å². The summed E-state index contributed by atoms with van der Waals surface area (Å²) in [7, 11) is 0. The van der Waals surface area contributed by atoms with E-state index in [9.17, 15) is 14.0 Å². The van der Waals surface area contributed by atoms with Crippen LogP contribution in [0, 0.1) is 5.82 Å². The molecule has 0 saturated heterocycles. The highest BCUT2D eigenvalue weighted by atomic mass is 19.1. The monoisotopic (exact) mass is 348 g/mol. The van der Waals surface area contributed by atoms with Gasteiger partial charge in [0.05, 0.1) is 0 Å². The molecule has 1 aliphatic carbocycles. The van der Waals surface area contributed by atoms with E-state index in [1.807, 2.05) is 6.92 Å². The van der Waals surface area contributed by atoms with Crippen LogP contribution in [0.4, 0.5) is 4.39 Å². The molecule has 0 radical (unpaired) electrons. The quantitative estimate of drug-likeness (QED) is 0.815. The van der Waals surface area contributed by atoms with Crippen LogP contribution in [0.25, 0.3) is 0 Å². The van der Waals surface area contributed by atoms with Crippen LogP contribution in [0.3, 0.4) is 0 Å². The number of rotatable bonds is 7. The topological polar surface area (TPSA) is 49.4 Å². The lowest BCUT2D eigenvalue weighted by Gasteiger charge is -2.32. The lowest BCUT2D eigenvalue weighted by atomic mass is 9.95. The molecule has 138 valence electrons. The third-order valence-corrected chi connectivity index (χ3v) is 4.91. The van der Waals surface area contributed by atoms with Gasteiger partial charge < -0.3 is 10.2 Å². The van der Waals surface area contributed by atoms with Crippen molar-refractivity contribution in [3.05, 3.63) is 35.6 Å². The Morgan fingerprint density at radius 1 is 1.16 bits per heavy atom. The van der Waals surface area contributed by atoms with Gasteiger partial charge in [-0.2, -0.15) is 0 Å². The highest BCUT2D eigenvalue weighted by Crippen LogP contribution is 2.19. The van der Waals surface area contributed by atoms with Gasteiger partial charge in [0.15, 0.2) is 0 Å². The number of amides is 2. The van der Waals surface area contributed by atoms with Crippen LogP contribution in [0.2, 0.25) is 0 Å². The van der Waals surface area contributed by atoms with E-state index in [0.717, 1.165) is 31.2 Å². The Bertz CT molecular complexity index is 568. The SMILES string of the molecule is CCC(=O)N(Cc1ccc(F)cc1)[C@@H](CC)C(=O)NC1CCCCC1. The zero-order valence-electron chi connectivity index (χ0n) is 15.3. The van der Waals surface area contributed by atoms with E-state index in [1.54, 1.807) is 24.0 Å². The van der Waals surface area contributed by atoms with E-state index in [4.69, 9.17) is 0 Å². The van der Waals surface area contributed by atoms with Gasteiger partial charge in [-0.1, -0.05) is 45.2 Å². The van der Waals surface area contributed by atoms with Gasteiger partial charge in [0.2, 0.25) is 11.8 Å². The van der Waals surface area contributed by atoms with Gasteiger partial charge in [-0.3, -0.25) is 9.59 Å². The zero-order chi connectivity index (χ0) is 18.2. The number of benzene rings is 1.